The molecule has 2 aromatic carbocycles. The number of alkyl halides is 3. The van der Waals surface area contributed by atoms with Crippen LogP contribution in [0.3, 0.4) is 0 Å². The lowest BCUT2D eigenvalue weighted by Crippen LogP contribution is -2.27. The Morgan fingerprint density at radius 3 is 2.39 bits per heavy atom. The molecule has 3 rings (SSSR count). The van der Waals surface area contributed by atoms with E-state index < -0.39 is 24.1 Å². The fraction of sp³-hybridized carbons (Fsp3) is 0.211. The monoisotopic (exact) mass is 392 g/mol. The summed E-state index contributed by atoms with van der Waals surface area (Å²) in [5.41, 5.74) is -1.15. The summed E-state index contributed by atoms with van der Waals surface area (Å²) in [6.07, 6.45) is -5.04. The number of aromatic nitrogens is 2. The van der Waals surface area contributed by atoms with E-state index in [0.717, 1.165) is 24.3 Å². The van der Waals surface area contributed by atoms with Gasteiger partial charge in [-0.15, -0.1) is 0 Å². The van der Waals surface area contributed by atoms with Gasteiger partial charge in [-0.3, -0.25) is 4.79 Å². The first-order valence-corrected chi connectivity index (χ1v) is 8.34. The number of hydrogen-bond acceptors (Lipinski definition) is 4. The first-order valence-electron chi connectivity index (χ1n) is 8.34. The van der Waals surface area contributed by atoms with Crippen molar-refractivity contribution in [1.82, 2.24) is 4.73 Å². The Balaban J connectivity index is 2.26. The number of benzene rings is 2. The topological polar surface area (TPSA) is 77.3 Å². The average molecular weight is 392 g/mol. The van der Waals surface area contributed by atoms with Gasteiger partial charge in [0.2, 0.25) is 0 Å². The molecule has 0 amide bonds. The van der Waals surface area contributed by atoms with Gasteiger partial charge in [0.15, 0.2) is 0 Å². The molecule has 0 bridgehead atoms. The van der Waals surface area contributed by atoms with Gasteiger partial charge in [-0.05, 0) is 37.3 Å². The van der Waals surface area contributed by atoms with E-state index in [4.69, 9.17) is 4.74 Å². The SMILES string of the molecule is CCOC(=O)Cc1c(-c2ccc(C(F)(F)F)cc2)[n+](=O)c2ccccc2n1[O-]. The van der Waals surface area contributed by atoms with Gasteiger partial charge < -0.3 is 14.7 Å². The third kappa shape index (κ3) is 3.55. The predicted molar refractivity (Wildman–Crippen MR) is 94.8 cm³/mol. The predicted octanol–water partition coefficient (Wildman–Crippen LogP) is 3.69. The van der Waals surface area contributed by atoms with Crippen LogP contribution in [0.1, 0.15) is 18.2 Å². The molecule has 0 radical (unpaired) electrons. The van der Waals surface area contributed by atoms with Gasteiger partial charge in [-0.1, -0.05) is 12.1 Å². The van der Waals surface area contributed by atoms with E-state index in [1.807, 2.05) is 0 Å². The highest BCUT2D eigenvalue weighted by Crippen LogP contribution is 2.31. The van der Waals surface area contributed by atoms with E-state index in [0.29, 0.717) is 9.16 Å². The first-order chi connectivity index (χ1) is 13.2. The summed E-state index contributed by atoms with van der Waals surface area (Å²) in [7, 11) is 0. The molecule has 1 aromatic heterocycles. The maximum Gasteiger partial charge on any atom is 0.416 e. The van der Waals surface area contributed by atoms with E-state index in [1.165, 1.54) is 12.1 Å². The largest absolute Gasteiger partial charge is 0.805 e. The van der Waals surface area contributed by atoms with Crippen LogP contribution < -0.4 is 4.43 Å². The van der Waals surface area contributed by atoms with Crippen LogP contribution in [0.15, 0.2) is 48.5 Å². The van der Waals surface area contributed by atoms with Crippen molar-refractivity contribution in [2.24, 2.45) is 0 Å². The Hall–Kier alpha value is -3.36. The molecule has 0 aliphatic carbocycles. The molecule has 6 nitrogen and oxygen atoms in total. The van der Waals surface area contributed by atoms with Crippen LogP contribution in [0.25, 0.3) is 22.3 Å². The molecule has 0 unspecified atom stereocenters. The van der Waals surface area contributed by atoms with Crippen molar-refractivity contribution >= 4 is 17.0 Å². The molecule has 0 saturated heterocycles. The smallest absolute Gasteiger partial charge is 0.416 e. The van der Waals surface area contributed by atoms with Gasteiger partial charge >= 0.3 is 12.1 Å². The van der Waals surface area contributed by atoms with Crippen molar-refractivity contribution < 1.29 is 27.1 Å². The summed E-state index contributed by atoms with van der Waals surface area (Å²) in [4.78, 5) is 24.9. The number of hydrogen-bond donors (Lipinski definition) is 0. The normalized spacial score (nSPS) is 11.6. The zero-order valence-electron chi connectivity index (χ0n) is 14.7. The maximum atomic E-state index is 12.9. The Labute approximate surface area is 157 Å². The molecule has 28 heavy (non-hydrogen) atoms. The Kier molecular flexibility index (Phi) is 5.08. The highest BCUT2D eigenvalue weighted by Gasteiger charge is 2.31. The van der Waals surface area contributed by atoms with Crippen molar-refractivity contribution in [3.8, 4) is 11.3 Å². The molecule has 146 valence electrons. The fourth-order valence-corrected chi connectivity index (χ4v) is 2.89. The second-order valence-corrected chi connectivity index (χ2v) is 5.93. The molecule has 1 heterocycles. The summed E-state index contributed by atoms with van der Waals surface area (Å²) < 4.78 is 44.2. The summed E-state index contributed by atoms with van der Waals surface area (Å²) >= 11 is 0. The van der Waals surface area contributed by atoms with Crippen molar-refractivity contribution in [2.75, 3.05) is 6.61 Å². The molecule has 0 atom stereocenters. The zero-order chi connectivity index (χ0) is 20.5. The van der Waals surface area contributed by atoms with Crippen LogP contribution >= 0.6 is 0 Å². The van der Waals surface area contributed by atoms with Crippen molar-refractivity contribution in [1.29, 1.82) is 0 Å². The lowest BCUT2D eigenvalue weighted by atomic mass is 10.0. The van der Waals surface area contributed by atoms with Crippen molar-refractivity contribution in [3.05, 3.63) is 69.9 Å². The average Bonchev–Trinajstić information content (AvgIpc) is 2.66. The third-order valence-electron chi connectivity index (χ3n) is 4.14. The molecular formula is C19H15F3N2O4. The Morgan fingerprint density at radius 2 is 1.79 bits per heavy atom. The number of fused-ring (bicyclic) bond motifs is 1. The fourth-order valence-electron chi connectivity index (χ4n) is 2.89. The number of ether oxygens (including phenoxy) is 1. The highest BCUT2D eigenvalue weighted by molar-refractivity contribution is 5.79. The molecule has 0 spiro atoms. The van der Waals surface area contributed by atoms with Crippen LogP contribution in [0.4, 0.5) is 13.2 Å². The maximum absolute atomic E-state index is 12.9. The molecule has 0 saturated carbocycles. The van der Waals surface area contributed by atoms with Crippen LogP contribution in [0.5, 0.6) is 0 Å². The van der Waals surface area contributed by atoms with E-state index in [9.17, 15) is 28.1 Å². The minimum absolute atomic E-state index is 0.0278. The Bertz CT molecular complexity index is 1090. The lowest BCUT2D eigenvalue weighted by Gasteiger charge is -2.19. The van der Waals surface area contributed by atoms with Crippen molar-refractivity contribution in [2.45, 2.75) is 19.5 Å². The first kappa shape index (κ1) is 19.4. The highest BCUT2D eigenvalue weighted by atomic mass is 19.4. The number of carbonyl (C=O) groups excluding carboxylic acids is 1. The third-order valence-corrected chi connectivity index (χ3v) is 4.14. The van der Waals surface area contributed by atoms with Crippen LogP contribution in [0.2, 0.25) is 0 Å². The number of rotatable bonds is 4. The number of carbonyl (C=O) groups is 1. The molecule has 0 N–H and O–H groups in total. The van der Waals surface area contributed by atoms with Gasteiger partial charge in [0, 0.05) is 11.0 Å². The van der Waals surface area contributed by atoms with Crippen LogP contribution in [-0.2, 0) is 22.1 Å². The standard InChI is InChI=1S/C19H15F3N2O4/c1-2-28-17(25)11-16-18(12-7-9-13(10-8-12)19(20,21)22)24(27)15-6-4-3-5-14(15)23(16)26/h3-10H,2,11H2,1H3. The van der Waals surface area contributed by atoms with Crippen LogP contribution in [0, 0.1) is 10.1 Å². The molecule has 0 aliphatic heterocycles. The van der Waals surface area contributed by atoms with E-state index in [2.05, 4.69) is 0 Å². The van der Waals surface area contributed by atoms with E-state index in [1.54, 1.807) is 19.1 Å². The minimum atomic E-state index is -4.54. The second-order valence-electron chi connectivity index (χ2n) is 5.93. The van der Waals surface area contributed by atoms with Crippen LogP contribution in [-0.4, -0.2) is 17.3 Å². The summed E-state index contributed by atoms with van der Waals surface area (Å²) in [6.45, 7) is 1.67. The molecule has 3 aromatic rings. The minimum Gasteiger partial charge on any atom is -0.805 e. The number of nitrogens with zero attached hydrogens (tertiary/aromatic N) is 2. The van der Waals surface area contributed by atoms with Gasteiger partial charge in [0.1, 0.15) is 11.2 Å². The van der Waals surface area contributed by atoms with Gasteiger partial charge in [0.05, 0.1) is 28.6 Å². The second kappa shape index (κ2) is 7.34. The van der Waals surface area contributed by atoms with E-state index >= 15 is 0 Å². The quantitative estimate of drug-likeness (QED) is 0.501. The molecule has 0 fully saturated rings. The number of halogens is 3. The van der Waals surface area contributed by atoms with E-state index in [-0.39, 0.29) is 34.6 Å². The zero-order valence-corrected chi connectivity index (χ0v) is 14.7. The van der Waals surface area contributed by atoms with Gasteiger partial charge in [-0.25, -0.2) is 0 Å². The Morgan fingerprint density at radius 1 is 1.14 bits per heavy atom. The summed E-state index contributed by atoms with van der Waals surface area (Å²) in [6, 6.07) is 9.76. The lowest BCUT2D eigenvalue weighted by molar-refractivity contribution is -0.452. The summed E-state index contributed by atoms with van der Waals surface area (Å²) in [5, 5.41) is 12.8. The molecule has 9 heteroatoms. The van der Waals surface area contributed by atoms with Crippen molar-refractivity contribution in [3.63, 3.8) is 0 Å². The van der Waals surface area contributed by atoms with Gasteiger partial charge in [-0.2, -0.15) is 13.2 Å². The molecular weight excluding hydrogens is 377 g/mol. The molecule has 0 aliphatic rings. The van der Waals surface area contributed by atoms with Gasteiger partial charge in [0.25, 0.3) is 11.2 Å². The summed E-state index contributed by atoms with van der Waals surface area (Å²) in [5.74, 6) is -0.726. The number of para-hydroxylation sites is 2. The number of esters is 1.